The van der Waals surface area contributed by atoms with Crippen molar-refractivity contribution in [2.24, 2.45) is 0 Å². The number of esters is 1. The maximum absolute atomic E-state index is 12.0. The van der Waals surface area contributed by atoms with Gasteiger partial charge in [0.15, 0.2) is 0 Å². The molecule has 28 heavy (non-hydrogen) atoms. The molecular weight excluding hydrogens is 358 g/mol. The van der Waals surface area contributed by atoms with Crippen molar-refractivity contribution in [1.29, 1.82) is 0 Å². The molecule has 0 radical (unpaired) electrons. The smallest absolute Gasteiger partial charge is 0.336 e. The summed E-state index contributed by atoms with van der Waals surface area (Å²) in [5.41, 5.74) is 2.44. The first-order valence-corrected chi connectivity index (χ1v) is 9.01. The Bertz CT molecular complexity index is 1040. The summed E-state index contributed by atoms with van der Waals surface area (Å²) >= 11 is 0. The fourth-order valence-electron chi connectivity index (χ4n) is 2.83. The number of carbonyl (C=O) groups excluding carboxylic acids is 2. The number of benzene rings is 2. The van der Waals surface area contributed by atoms with Crippen LogP contribution in [0, 0.1) is 6.92 Å². The Morgan fingerprint density at radius 2 is 1.86 bits per heavy atom. The molecule has 6 nitrogen and oxygen atoms in total. The Morgan fingerprint density at radius 1 is 1.07 bits per heavy atom. The predicted molar refractivity (Wildman–Crippen MR) is 105 cm³/mol. The summed E-state index contributed by atoms with van der Waals surface area (Å²) in [5.74, 6) is -0.602. The highest BCUT2D eigenvalue weighted by Crippen LogP contribution is 2.19. The number of ether oxygens (including phenoxy) is 1. The molecule has 0 spiro atoms. The van der Waals surface area contributed by atoms with Gasteiger partial charge in [0.2, 0.25) is 5.91 Å². The van der Waals surface area contributed by atoms with E-state index in [1.54, 1.807) is 6.07 Å². The minimum absolute atomic E-state index is 0.0258. The van der Waals surface area contributed by atoms with Crippen molar-refractivity contribution >= 4 is 22.8 Å². The number of fused-ring (bicyclic) bond motifs is 1. The van der Waals surface area contributed by atoms with Gasteiger partial charge in [0.05, 0.1) is 12.8 Å². The van der Waals surface area contributed by atoms with Gasteiger partial charge in [-0.1, -0.05) is 42.5 Å². The van der Waals surface area contributed by atoms with Crippen molar-refractivity contribution in [3.8, 4) is 0 Å². The molecule has 0 fully saturated rings. The average Bonchev–Trinajstić information content (AvgIpc) is 2.66. The van der Waals surface area contributed by atoms with Gasteiger partial charge in [-0.05, 0) is 24.1 Å². The Hall–Kier alpha value is -3.41. The van der Waals surface area contributed by atoms with Crippen molar-refractivity contribution < 1.29 is 18.7 Å². The van der Waals surface area contributed by atoms with E-state index in [1.165, 1.54) is 6.07 Å². The van der Waals surface area contributed by atoms with Crippen LogP contribution in [-0.2, 0) is 27.4 Å². The lowest BCUT2D eigenvalue weighted by molar-refractivity contribution is -0.144. The van der Waals surface area contributed by atoms with Gasteiger partial charge in [-0.3, -0.25) is 9.59 Å². The monoisotopic (exact) mass is 379 g/mol. The zero-order valence-corrected chi connectivity index (χ0v) is 15.6. The SMILES string of the molecule is Cc1ccc2c(COC(=O)CCNC(=O)Cc3ccccc3)cc(=O)oc2c1. The van der Waals surface area contributed by atoms with E-state index >= 15 is 0 Å². The zero-order valence-electron chi connectivity index (χ0n) is 15.6. The van der Waals surface area contributed by atoms with Gasteiger partial charge in [0.25, 0.3) is 0 Å². The molecule has 0 aliphatic carbocycles. The number of amides is 1. The van der Waals surface area contributed by atoms with Crippen LogP contribution in [-0.4, -0.2) is 18.4 Å². The maximum Gasteiger partial charge on any atom is 0.336 e. The van der Waals surface area contributed by atoms with Gasteiger partial charge < -0.3 is 14.5 Å². The first-order valence-electron chi connectivity index (χ1n) is 9.01. The van der Waals surface area contributed by atoms with E-state index in [-0.39, 0.29) is 31.9 Å². The van der Waals surface area contributed by atoms with Crippen LogP contribution in [0.1, 0.15) is 23.1 Å². The molecule has 0 aliphatic rings. The van der Waals surface area contributed by atoms with E-state index in [1.807, 2.05) is 49.4 Å². The summed E-state index contributed by atoms with van der Waals surface area (Å²) in [4.78, 5) is 35.5. The number of hydrogen-bond donors (Lipinski definition) is 1. The van der Waals surface area contributed by atoms with Crippen LogP contribution in [0.2, 0.25) is 0 Å². The highest BCUT2D eigenvalue weighted by atomic mass is 16.5. The van der Waals surface area contributed by atoms with Crippen LogP contribution >= 0.6 is 0 Å². The second-order valence-corrected chi connectivity index (χ2v) is 6.51. The van der Waals surface area contributed by atoms with E-state index in [0.717, 1.165) is 16.5 Å². The number of nitrogens with one attached hydrogen (secondary N) is 1. The van der Waals surface area contributed by atoms with Crippen LogP contribution in [0.4, 0.5) is 0 Å². The van der Waals surface area contributed by atoms with Crippen LogP contribution in [0.5, 0.6) is 0 Å². The molecule has 0 aliphatic heterocycles. The first kappa shape index (κ1) is 19.4. The molecule has 1 amide bonds. The quantitative estimate of drug-likeness (QED) is 0.504. The number of rotatable bonds is 7. The fraction of sp³-hybridized carbons (Fsp3) is 0.227. The van der Waals surface area contributed by atoms with Gasteiger partial charge >= 0.3 is 11.6 Å². The summed E-state index contributed by atoms with van der Waals surface area (Å²) in [6.45, 7) is 2.07. The van der Waals surface area contributed by atoms with Gasteiger partial charge in [-0.15, -0.1) is 0 Å². The molecule has 144 valence electrons. The molecule has 0 saturated heterocycles. The number of carbonyl (C=O) groups is 2. The summed E-state index contributed by atoms with van der Waals surface area (Å²) in [5, 5.41) is 3.43. The molecular formula is C22H21NO5. The van der Waals surface area contributed by atoms with Gasteiger partial charge in [0, 0.05) is 23.6 Å². The predicted octanol–water partition coefficient (Wildman–Crippen LogP) is 2.89. The van der Waals surface area contributed by atoms with Crippen molar-refractivity contribution in [1.82, 2.24) is 5.32 Å². The average molecular weight is 379 g/mol. The fourth-order valence-corrected chi connectivity index (χ4v) is 2.83. The molecule has 3 rings (SSSR count). The van der Waals surface area contributed by atoms with Crippen molar-refractivity contribution in [2.75, 3.05) is 6.54 Å². The Labute approximate surface area is 162 Å². The molecule has 0 bridgehead atoms. The minimum atomic E-state index is -0.489. The Morgan fingerprint density at radius 3 is 2.64 bits per heavy atom. The standard InChI is InChI=1S/C22H21NO5/c1-15-7-8-18-17(13-22(26)28-19(18)11-15)14-27-21(25)9-10-23-20(24)12-16-5-3-2-4-6-16/h2-8,11,13H,9-10,12,14H2,1H3,(H,23,24). The van der Waals surface area contributed by atoms with Gasteiger partial charge in [0.1, 0.15) is 12.2 Å². The van der Waals surface area contributed by atoms with E-state index in [4.69, 9.17) is 9.15 Å². The van der Waals surface area contributed by atoms with E-state index in [0.29, 0.717) is 11.1 Å². The summed E-state index contributed by atoms with van der Waals surface area (Å²) < 4.78 is 10.4. The highest BCUT2D eigenvalue weighted by Gasteiger charge is 2.10. The Balaban J connectivity index is 1.49. The topological polar surface area (TPSA) is 85.6 Å². The molecule has 3 aromatic rings. The largest absolute Gasteiger partial charge is 0.461 e. The summed E-state index contributed by atoms with van der Waals surface area (Å²) in [6, 6.07) is 16.2. The third kappa shape index (κ3) is 5.30. The van der Waals surface area contributed by atoms with E-state index in [2.05, 4.69) is 5.32 Å². The lowest BCUT2D eigenvalue weighted by atomic mass is 10.1. The molecule has 0 unspecified atom stereocenters. The minimum Gasteiger partial charge on any atom is -0.461 e. The van der Waals surface area contributed by atoms with Gasteiger partial charge in [-0.25, -0.2) is 4.79 Å². The van der Waals surface area contributed by atoms with Crippen LogP contribution in [0.25, 0.3) is 11.0 Å². The zero-order chi connectivity index (χ0) is 19.9. The van der Waals surface area contributed by atoms with E-state index < -0.39 is 11.6 Å². The number of hydrogen-bond acceptors (Lipinski definition) is 5. The lowest BCUT2D eigenvalue weighted by Gasteiger charge is -2.08. The lowest BCUT2D eigenvalue weighted by Crippen LogP contribution is -2.27. The van der Waals surface area contributed by atoms with Crippen LogP contribution < -0.4 is 10.9 Å². The van der Waals surface area contributed by atoms with Crippen molar-refractivity contribution in [3.05, 3.63) is 81.7 Å². The van der Waals surface area contributed by atoms with Crippen LogP contribution in [0.3, 0.4) is 0 Å². The van der Waals surface area contributed by atoms with Gasteiger partial charge in [-0.2, -0.15) is 0 Å². The second kappa shape index (κ2) is 8.99. The summed E-state index contributed by atoms with van der Waals surface area (Å²) in [7, 11) is 0. The van der Waals surface area contributed by atoms with E-state index in [9.17, 15) is 14.4 Å². The molecule has 0 saturated carbocycles. The summed E-state index contributed by atoms with van der Waals surface area (Å²) in [6.07, 6.45) is 0.320. The molecule has 6 heteroatoms. The number of aryl methyl sites for hydroxylation is 1. The normalized spacial score (nSPS) is 10.6. The second-order valence-electron chi connectivity index (χ2n) is 6.51. The molecule has 1 N–H and O–H groups in total. The molecule has 1 aromatic heterocycles. The van der Waals surface area contributed by atoms with Crippen LogP contribution in [0.15, 0.2) is 63.8 Å². The third-order valence-corrected chi connectivity index (χ3v) is 4.23. The third-order valence-electron chi connectivity index (χ3n) is 4.23. The first-order chi connectivity index (χ1) is 13.5. The van der Waals surface area contributed by atoms with Crippen molar-refractivity contribution in [3.63, 3.8) is 0 Å². The molecule has 2 aromatic carbocycles. The van der Waals surface area contributed by atoms with Crippen molar-refractivity contribution in [2.45, 2.75) is 26.4 Å². The molecule has 1 heterocycles. The Kier molecular flexibility index (Phi) is 6.22. The highest BCUT2D eigenvalue weighted by molar-refractivity contribution is 5.81. The molecule has 0 atom stereocenters. The maximum atomic E-state index is 12.0.